The number of rotatable bonds is 3. The van der Waals surface area contributed by atoms with Gasteiger partial charge in [-0.3, -0.25) is 10.1 Å². The summed E-state index contributed by atoms with van der Waals surface area (Å²) in [5, 5.41) is 5.39. The van der Waals surface area contributed by atoms with Crippen molar-refractivity contribution in [3.63, 3.8) is 0 Å². The van der Waals surface area contributed by atoms with Crippen molar-refractivity contribution in [2.45, 2.75) is 13.8 Å². The molecule has 6 heteroatoms. The lowest BCUT2D eigenvalue weighted by molar-refractivity contribution is 0.102. The van der Waals surface area contributed by atoms with Crippen LogP contribution in [0.5, 0.6) is 11.5 Å². The fourth-order valence-corrected chi connectivity index (χ4v) is 3.53. The minimum atomic E-state index is -0.219. The van der Waals surface area contributed by atoms with Gasteiger partial charge in [-0.1, -0.05) is 17.7 Å². The summed E-state index contributed by atoms with van der Waals surface area (Å²) in [4.78, 5) is 17.1. The van der Waals surface area contributed by atoms with E-state index in [4.69, 9.17) is 9.47 Å². The average molecular weight is 366 g/mol. The van der Waals surface area contributed by atoms with Gasteiger partial charge in [-0.15, -0.1) is 11.3 Å². The van der Waals surface area contributed by atoms with Gasteiger partial charge in [0.15, 0.2) is 16.6 Å². The van der Waals surface area contributed by atoms with Gasteiger partial charge in [0.25, 0.3) is 5.91 Å². The first-order valence-corrected chi connectivity index (χ1v) is 9.22. The Balaban J connectivity index is 1.54. The number of amides is 1. The first-order valence-electron chi connectivity index (χ1n) is 8.34. The molecule has 0 spiro atoms. The van der Waals surface area contributed by atoms with Crippen LogP contribution in [-0.2, 0) is 0 Å². The highest BCUT2D eigenvalue weighted by Gasteiger charge is 2.16. The third-order valence-corrected chi connectivity index (χ3v) is 4.96. The van der Waals surface area contributed by atoms with Gasteiger partial charge in [0.2, 0.25) is 0 Å². The molecule has 26 heavy (non-hydrogen) atoms. The Labute approximate surface area is 155 Å². The molecule has 0 bridgehead atoms. The lowest BCUT2D eigenvalue weighted by Crippen LogP contribution is -2.17. The minimum Gasteiger partial charge on any atom is -0.486 e. The number of aromatic nitrogens is 1. The second-order valence-corrected chi connectivity index (χ2v) is 7.03. The largest absolute Gasteiger partial charge is 0.486 e. The van der Waals surface area contributed by atoms with Crippen molar-refractivity contribution in [1.82, 2.24) is 4.98 Å². The van der Waals surface area contributed by atoms with Crippen LogP contribution in [0.3, 0.4) is 0 Å². The molecule has 1 aliphatic rings. The van der Waals surface area contributed by atoms with Gasteiger partial charge in [-0.2, -0.15) is 0 Å². The van der Waals surface area contributed by atoms with Crippen molar-refractivity contribution in [3.05, 3.63) is 58.5 Å². The number of hydrogen-bond donors (Lipinski definition) is 1. The fourth-order valence-electron chi connectivity index (χ4n) is 2.82. The van der Waals surface area contributed by atoms with Crippen LogP contribution in [0.25, 0.3) is 11.3 Å². The van der Waals surface area contributed by atoms with Gasteiger partial charge in [0, 0.05) is 16.5 Å². The van der Waals surface area contributed by atoms with E-state index in [9.17, 15) is 4.79 Å². The van der Waals surface area contributed by atoms with Crippen LogP contribution in [0.4, 0.5) is 5.13 Å². The van der Waals surface area contributed by atoms with E-state index in [1.807, 2.05) is 5.38 Å². The maximum Gasteiger partial charge on any atom is 0.257 e. The number of nitrogens with one attached hydrogen (secondary N) is 1. The molecule has 1 aromatic heterocycles. The molecule has 2 aromatic carbocycles. The molecular formula is C20H18N2O3S. The number of aryl methyl sites for hydroxylation is 2. The minimum absolute atomic E-state index is 0.219. The van der Waals surface area contributed by atoms with Gasteiger partial charge in [0.05, 0.1) is 5.69 Å². The van der Waals surface area contributed by atoms with E-state index in [1.165, 1.54) is 16.9 Å². The number of fused-ring (bicyclic) bond motifs is 1. The number of carbonyl (C=O) groups is 1. The van der Waals surface area contributed by atoms with Crippen LogP contribution in [0, 0.1) is 13.8 Å². The van der Waals surface area contributed by atoms with Crippen molar-refractivity contribution in [1.29, 1.82) is 0 Å². The van der Waals surface area contributed by atoms with Crippen molar-refractivity contribution >= 4 is 22.4 Å². The number of benzene rings is 2. The molecule has 0 fully saturated rings. The molecular weight excluding hydrogens is 348 g/mol. The van der Waals surface area contributed by atoms with Crippen LogP contribution in [-0.4, -0.2) is 24.1 Å². The number of nitrogens with zero attached hydrogens (tertiary/aromatic N) is 1. The third-order valence-electron chi connectivity index (χ3n) is 4.20. The maximum absolute atomic E-state index is 12.5. The zero-order chi connectivity index (χ0) is 18.1. The monoisotopic (exact) mass is 366 g/mol. The average Bonchev–Trinajstić information content (AvgIpc) is 3.11. The predicted molar refractivity (Wildman–Crippen MR) is 102 cm³/mol. The van der Waals surface area contributed by atoms with Gasteiger partial charge in [0.1, 0.15) is 13.2 Å². The van der Waals surface area contributed by atoms with Crippen LogP contribution in [0.15, 0.2) is 41.8 Å². The summed E-state index contributed by atoms with van der Waals surface area (Å²) in [6.07, 6.45) is 0. The Hall–Kier alpha value is -2.86. The van der Waals surface area contributed by atoms with Crippen LogP contribution in [0.2, 0.25) is 0 Å². The van der Waals surface area contributed by atoms with E-state index in [-0.39, 0.29) is 5.91 Å². The van der Waals surface area contributed by atoms with Gasteiger partial charge >= 0.3 is 0 Å². The topological polar surface area (TPSA) is 60.5 Å². The normalized spacial score (nSPS) is 12.7. The first-order chi connectivity index (χ1) is 12.6. The molecule has 0 saturated heterocycles. The number of thiazole rings is 1. The van der Waals surface area contributed by atoms with Crippen molar-refractivity contribution in [2.24, 2.45) is 0 Å². The van der Waals surface area contributed by atoms with E-state index >= 15 is 0 Å². The van der Waals surface area contributed by atoms with E-state index in [0.29, 0.717) is 35.4 Å². The molecule has 0 saturated carbocycles. The standard InChI is InChI=1S/C20H18N2O3S/c1-12-3-4-13(2)15(9-12)16-11-26-20(21-16)22-19(23)14-5-6-17-18(10-14)25-8-7-24-17/h3-6,9-11H,7-8H2,1-2H3,(H,21,22,23). The van der Waals surface area contributed by atoms with Crippen molar-refractivity contribution in [3.8, 4) is 22.8 Å². The molecule has 4 rings (SSSR count). The second kappa shape index (κ2) is 6.80. The summed E-state index contributed by atoms with van der Waals surface area (Å²) in [7, 11) is 0. The van der Waals surface area contributed by atoms with Gasteiger partial charge in [-0.05, 0) is 43.7 Å². The Bertz CT molecular complexity index is 981. The predicted octanol–water partition coefficient (Wildman–Crippen LogP) is 4.45. The number of ether oxygens (including phenoxy) is 2. The smallest absolute Gasteiger partial charge is 0.257 e. The number of anilines is 1. The molecule has 1 aliphatic heterocycles. The van der Waals surface area contributed by atoms with Gasteiger partial charge < -0.3 is 9.47 Å². The van der Waals surface area contributed by atoms with E-state index in [2.05, 4.69) is 42.3 Å². The molecule has 1 amide bonds. The maximum atomic E-state index is 12.5. The Morgan fingerprint density at radius 3 is 2.73 bits per heavy atom. The van der Waals surface area contributed by atoms with Crippen LogP contribution >= 0.6 is 11.3 Å². The van der Waals surface area contributed by atoms with Crippen LogP contribution in [0.1, 0.15) is 21.5 Å². The third kappa shape index (κ3) is 3.28. The van der Waals surface area contributed by atoms with Crippen molar-refractivity contribution in [2.75, 3.05) is 18.5 Å². The summed E-state index contributed by atoms with van der Waals surface area (Å²) >= 11 is 1.41. The summed E-state index contributed by atoms with van der Waals surface area (Å²) in [5.41, 5.74) is 4.80. The lowest BCUT2D eigenvalue weighted by atomic mass is 10.0. The summed E-state index contributed by atoms with van der Waals surface area (Å²) < 4.78 is 11.0. The lowest BCUT2D eigenvalue weighted by Gasteiger charge is -2.18. The number of carbonyl (C=O) groups excluding carboxylic acids is 1. The number of hydrogen-bond acceptors (Lipinski definition) is 5. The highest BCUT2D eigenvalue weighted by molar-refractivity contribution is 7.14. The Morgan fingerprint density at radius 2 is 1.88 bits per heavy atom. The van der Waals surface area contributed by atoms with Gasteiger partial charge in [-0.25, -0.2) is 4.98 Å². The van der Waals surface area contributed by atoms with E-state index < -0.39 is 0 Å². The molecule has 0 radical (unpaired) electrons. The molecule has 2 heterocycles. The second-order valence-electron chi connectivity index (χ2n) is 6.17. The molecule has 1 N–H and O–H groups in total. The molecule has 5 nitrogen and oxygen atoms in total. The summed E-state index contributed by atoms with van der Waals surface area (Å²) in [6, 6.07) is 11.4. The Morgan fingerprint density at radius 1 is 1.08 bits per heavy atom. The highest BCUT2D eigenvalue weighted by Crippen LogP contribution is 2.32. The summed E-state index contributed by atoms with van der Waals surface area (Å²) in [6.45, 7) is 5.13. The van der Waals surface area contributed by atoms with Crippen molar-refractivity contribution < 1.29 is 14.3 Å². The quantitative estimate of drug-likeness (QED) is 0.744. The first kappa shape index (κ1) is 16.6. The highest BCUT2D eigenvalue weighted by atomic mass is 32.1. The molecule has 132 valence electrons. The van der Waals surface area contributed by atoms with E-state index in [1.54, 1.807) is 18.2 Å². The Kier molecular flexibility index (Phi) is 4.34. The van der Waals surface area contributed by atoms with E-state index in [0.717, 1.165) is 16.8 Å². The fraction of sp³-hybridized carbons (Fsp3) is 0.200. The van der Waals surface area contributed by atoms with Crippen LogP contribution < -0.4 is 14.8 Å². The zero-order valence-electron chi connectivity index (χ0n) is 14.5. The molecule has 0 atom stereocenters. The summed E-state index contributed by atoms with van der Waals surface area (Å²) in [5.74, 6) is 1.04. The SMILES string of the molecule is Cc1ccc(C)c(-c2csc(NC(=O)c3ccc4c(c3)OCCO4)n2)c1. The molecule has 3 aromatic rings. The molecule has 0 aliphatic carbocycles. The zero-order valence-corrected chi connectivity index (χ0v) is 15.4. The molecule has 0 unspecified atom stereocenters.